The van der Waals surface area contributed by atoms with Gasteiger partial charge in [0.05, 0.1) is 6.61 Å². The maximum absolute atomic E-state index is 11.0. The number of carbonyl (C=O) groups is 1. The molecule has 0 aromatic heterocycles. The van der Waals surface area contributed by atoms with Crippen molar-refractivity contribution in [2.75, 3.05) is 19.5 Å². The highest BCUT2D eigenvalue weighted by molar-refractivity contribution is 7.80. The zero-order valence-corrected chi connectivity index (χ0v) is 8.21. The van der Waals surface area contributed by atoms with Crippen LogP contribution in [0.5, 0.6) is 0 Å². The first-order valence-corrected chi connectivity index (χ1v) is 4.31. The minimum atomic E-state index is -0.646. The van der Waals surface area contributed by atoms with E-state index in [4.69, 9.17) is 15.2 Å². The van der Waals surface area contributed by atoms with Crippen molar-refractivity contribution in [3.63, 3.8) is 0 Å². The molecular weight excluding hydrogens is 178 g/mol. The molecule has 0 heterocycles. The largest absolute Gasteiger partial charge is 0.459 e. The van der Waals surface area contributed by atoms with Crippen LogP contribution in [0.25, 0.3) is 0 Å². The Bertz CT molecular complexity index is 143. The Hall–Kier alpha value is -0.260. The van der Waals surface area contributed by atoms with Crippen LogP contribution in [0.1, 0.15) is 6.92 Å². The van der Waals surface area contributed by atoms with Crippen LogP contribution in [0.3, 0.4) is 0 Å². The third-order valence-corrected chi connectivity index (χ3v) is 1.61. The molecule has 2 atom stereocenters. The average Bonchev–Trinajstić information content (AvgIpc) is 2.03. The molecule has 0 aromatic carbocycles. The maximum Gasteiger partial charge on any atom is 0.324 e. The number of methoxy groups -OCH3 is 1. The molecule has 0 bridgehead atoms. The van der Waals surface area contributed by atoms with E-state index < -0.39 is 12.0 Å². The molecule has 0 aromatic rings. The monoisotopic (exact) mass is 193 g/mol. The molecule has 12 heavy (non-hydrogen) atoms. The molecule has 4 nitrogen and oxygen atoms in total. The molecule has 0 spiro atoms. The normalized spacial score (nSPS) is 15.3. The molecule has 2 N–H and O–H groups in total. The van der Waals surface area contributed by atoms with Gasteiger partial charge < -0.3 is 15.2 Å². The van der Waals surface area contributed by atoms with Gasteiger partial charge in [-0.2, -0.15) is 12.6 Å². The standard InChI is InChI=1S/C7H15NO3S/c1-5(3-10-2)11-7(9)6(8)4-12/h5-6,12H,3-4,8H2,1-2H3/t5?,6-/m1/s1. The predicted molar refractivity (Wildman–Crippen MR) is 49.3 cm³/mol. The predicted octanol–water partition coefficient (Wildman–Crippen LogP) is -0.178. The maximum atomic E-state index is 11.0. The third kappa shape index (κ3) is 4.58. The molecule has 1 unspecified atom stereocenters. The summed E-state index contributed by atoms with van der Waals surface area (Å²) in [4.78, 5) is 11.0. The summed E-state index contributed by atoms with van der Waals surface area (Å²) in [5.41, 5.74) is 5.37. The summed E-state index contributed by atoms with van der Waals surface area (Å²) >= 11 is 3.87. The van der Waals surface area contributed by atoms with Crippen LogP contribution >= 0.6 is 12.6 Å². The molecule has 0 saturated heterocycles. The van der Waals surface area contributed by atoms with Crippen molar-refractivity contribution in [1.82, 2.24) is 0 Å². The summed E-state index contributed by atoms with van der Waals surface area (Å²) in [5, 5.41) is 0. The topological polar surface area (TPSA) is 61.5 Å². The molecule has 5 heteroatoms. The fourth-order valence-corrected chi connectivity index (χ4v) is 0.778. The van der Waals surface area contributed by atoms with Crippen molar-refractivity contribution in [1.29, 1.82) is 0 Å². The first-order chi connectivity index (χ1) is 5.61. The van der Waals surface area contributed by atoms with Crippen LogP contribution in [-0.4, -0.2) is 37.6 Å². The Labute approximate surface area is 77.8 Å². The van der Waals surface area contributed by atoms with Gasteiger partial charge >= 0.3 is 5.97 Å². The average molecular weight is 193 g/mol. The van der Waals surface area contributed by atoms with E-state index >= 15 is 0 Å². The lowest BCUT2D eigenvalue weighted by atomic mass is 10.3. The van der Waals surface area contributed by atoms with Crippen molar-refractivity contribution in [3.05, 3.63) is 0 Å². The first-order valence-electron chi connectivity index (χ1n) is 3.67. The van der Waals surface area contributed by atoms with Gasteiger partial charge in [-0.25, -0.2) is 0 Å². The first kappa shape index (κ1) is 11.7. The molecule has 0 radical (unpaired) electrons. The van der Waals surface area contributed by atoms with E-state index in [-0.39, 0.29) is 6.10 Å². The molecule has 0 saturated carbocycles. The molecule has 0 aliphatic heterocycles. The second-order valence-corrected chi connectivity index (χ2v) is 2.86. The van der Waals surface area contributed by atoms with Crippen molar-refractivity contribution in [3.8, 4) is 0 Å². The van der Waals surface area contributed by atoms with Crippen molar-refractivity contribution in [2.24, 2.45) is 5.73 Å². The molecule has 72 valence electrons. The lowest BCUT2D eigenvalue weighted by molar-refractivity contribution is -0.151. The summed E-state index contributed by atoms with van der Waals surface area (Å²) in [6.07, 6.45) is -0.256. The Balaban J connectivity index is 3.67. The number of rotatable bonds is 5. The van der Waals surface area contributed by atoms with Crippen LogP contribution in [0.4, 0.5) is 0 Å². The number of carbonyl (C=O) groups excluding carboxylic acids is 1. The van der Waals surface area contributed by atoms with Gasteiger partial charge in [-0.05, 0) is 6.92 Å². The third-order valence-electron chi connectivity index (χ3n) is 1.22. The lowest BCUT2D eigenvalue weighted by Crippen LogP contribution is -2.36. The van der Waals surface area contributed by atoms with E-state index in [0.29, 0.717) is 12.4 Å². The van der Waals surface area contributed by atoms with Gasteiger partial charge in [0.25, 0.3) is 0 Å². The van der Waals surface area contributed by atoms with E-state index in [1.807, 2.05) is 0 Å². The number of nitrogens with two attached hydrogens (primary N) is 1. The van der Waals surface area contributed by atoms with E-state index in [0.717, 1.165) is 0 Å². The number of hydrogen-bond donors (Lipinski definition) is 2. The summed E-state index contributed by atoms with van der Waals surface area (Å²) in [5.74, 6) is -0.145. The van der Waals surface area contributed by atoms with Crippen molar-refractivity contribution < 1.29 is 14.3 Å². The van der Waals surface area contributed by atoms with Gasteiger partial charge in [-0.1, -0.05) is 0 Å². The fraction of sp³-hybridized carbons (Fsp3) is 0.857. The molecule has 0 rings (SSSR count). The highest BCUT2D eigenvalue weighted by Crippen LogP contribution is 1.95. The van der Waals surface area contributed by atoms with Crippen LogP contribution in [0.2, 0.25) is 0 Å². The Morgan fingerprint density at radius 3 is 2.67 bits per heavy atom. The number of esters is 1. The van der Waals surface area contributed by atoms with E-state index in [1.54, 1.807) is 14.0 Å². The summed E-state index contributed by atoms with van der Waals surface area (Å²) in [6.45, 7) is 2.12. The zero-order chi connectivity index (χ0) is 9.56. The SMILES string of the molecule is COCC(C)OC(=O)[C@H](N)CS. The lowest BCUT2D eigenvalue weighted by Gasteiger charge is -2.14. The number of ether oxygens (including phenoxy) is 2. The summed E-state index contributed by atoms with van der Waals surface area (Å²) < 4.78 is 9.69. The Morgan fingerprint density at radius 2 is 2.25 bits per heavy atom. The van der Waals surface area contributed by atoms with Gasteiger partial charge in [-0.3, -0.25) is 4.79 Å². The second-order valence-electron chi connectivity index (χ2n) is 2.49. The van der Waals surface area contributed by atoms with Gasteiger partial charge in [0.15, 0.2) is 0 Å². The van der Waals surface area contributed by atoms with Crippen LogP contribution in [0.15, 0.2) is 0 Å². The summed E-state index contributed by atoms with van der Waals surface area (Å²) in [6, 6.07) is -0.646. The van der Waals surface area contributed by atoms with Crippen LogP contribution in [0, 0.1) is 0 Å². The van der Waals surface area contributed by atoms with Crippen molar-refractivity contribution in [2.45, 2.75) is 19.1 Å². The quantitative estimate of drug-likeness (QED) is 0.470. The van der Waals surface area contributed by atoms with Crippen LogP contribution in [-0.2, 0) is 14.3 Å². The highest BCUT2D eigenvalue weighted by Gasteiger charge is 2.15. The highest BCUT2D eigenvalue weighted by atomic mass is 32.1. The molecular formula is C7H15NO3S. The number of thiol groups is 1. The van der Waals surface area contributed by atoms with Gasteiger partial charge in [0.2, 0.25) is 0 Å². The number of hydrogen-bond acceptors (Lipinski definition) is 5. The second kappa shape index (κ2) is 6.28. The molecule has 0 amide bonds. The smallest absolute Gasteiger partial charge is 0.324 e. The molecule has 0 aliphatic rings. The Morgan fingerprint density at radius 1 is 1.67 bits per heavy atom. The van der Waals surface area contributed by atoms with Crippen molar-refractivity contribution >= 4 is 18.6 Å². The van der Waals surface area contributed by atoms with E-state index in [9.17, 15) is 4.79 Å². The van der Waals surface area contributed by atoms with Gasteiger partial charge in [-0.15, -0.1) is 0 Å². The molecule has 0 fully saturated rings. The van der Waals surface area contributed by atoms with E-state index in [1.165, 1.54) is 0 Å². The Kier molecular flexibility index (Phi) is 6.14. The van der Waals surface area contributed by atoms with Gasteiger partial charge in [0, 0.05) is 12.9 Å². The minimum Gasteiger partial charge on any atom is -0.459 e. The minimum absolute atomic E-state index is 0.256. The zero-order valence-electron chi connectivity index (χ0n) is 7.32. The van der Waals surface area contributed by atoms with Crippen LogP contribution < -0.4 is 5.73 Å². The van der Waals surface area contributed by atoms with E-state index in [2.05, 4.69) is 12.6 Å². The van der Waals surface area contributed by atoms with Gasteiger partial charge in [0.1, 0.15) is 12.1 Å². The fourth-order valence-electron chi connectivity index (χ4n) is 0.629. The summed E-state index contributed by atoms with van der Waals surface area (Å²) in [7, 11) is 1.54. The molecule has 0 aliphatic carbocycles.